The molecule has 1 aromatic carbocycles. The van der Waals surface area contributed by atoms with Crippen molar-refractivity contribution in [3.8, 4) is 6.07 Å². The van der Waals surface area contributed by atoms with Gasteiger partial charge in [-0.05, 0) is 31.9 Å². The van der Waals surface area contributed by atoms with Crippen LogP contribution in [-0.4, -0.2) is 25.0 Å². The topological polar surface area (TPSA) is 54.3 Å². The van der Waals surface area contributed by atoms with E-state index in [9.17, 15) is 4.39 Å². The van der Waals surface area contributed by atoms with Crippen molar-refractivity contribution in [2.24, 2.45) is 0 Å². The van der Waals surface area contributed by atoms with E-state index in [4.69, 9.17) is 14.7 Å². The molecule has 1 N–H and O–H groups in total. The molecule has 1 aliphatic heterocycles. The van der Waals surface area contributed by atoms with E-state index >= 15 is 0 Å². The SMILES string of the molecule is Cc1c(F)cc(C#N)cc1NC1CCC2(CC1)OCCO2. The Hall–Kier alpha value is -1.64. The molecule has 1 saturated heterocycles. The number of halogens is 1. The summed E-state index contributed by atoms with van der Waals surface area (Å²) in [4.78, 5) is 0. The van der Waals surface area contributed by atoms with Gasteiger partial charge >= 0.3 is 0 Å². The van der Waals surface area contributed by atoms with E-state index in [1.165, 1.54) is 6.07 Å². The third-order valence-corrected chi connectivity index (χ3v) is 4.39. The summed E-state index contributed by atoms with van der Waals surface area (Å²) in [5.74, 6) is -0.723. The summed E-state index contributed by atoms with van der Waals surface area (Å²) in [6.07, 6.45) is 3.53. The molecule has 1 aliphatic carbocycles. The molecule has 0 bridgehead atoms. The number of hydrogen-bond donors (Lipinski definition) is 1. The maximum absolute atomic E-state index is 13.8. The lowest BCUT2D eigenvalue weighted by Crippen LogP contribution is -2.39. The van der Waals surface area contributed by atoms with E-state index in [1.54, 1.807) is 13.0 Å². The summed E-state index contributed by atoms with van der Waals surface area (Å²) in [5, 5.41) is 12.3. The van der Waals surface area contributed by atoms with Gasteiger partial charge in [-0.1, -0.05) is 0 Å². The van der Waals surface area contributed by atoms with Gasteiger partial charge in [0.2, 0.25) is 0 Å². The van der Waals surface area contributed by atoms with Crippen molar-refractivity contribution in [3.05, 3.63) is 29.1 Å². The Balaban J connectivity index is 1.68. The third-order valence-electron chi connectivity index (χ3n) is 4.39. The number of nitrogens with zero attached hydrogens (tertiary/aromatic N) is 1. The van der Waals surface area contributed by atoms with Crippen LogP contribution in [0.1, 0.15) is 36.8 Å². The van der Waals surface area contributed by atoms with Gasteiger partial charge in [-0.25, -0.2) is 4.39 Å². The number of ether oxygens (including phenoxy) is 2. The van der Waals surface area contributed by atoms with Crippen LogP contribution in [0.25, 0.3) is 0 Å². The lowest BCUT2D eigenvalue weighted by molar-refractivity contribution is -0.177. The fraction of sp³-hybridized carbons (Fsp3) is 0.562. The molecule has 0 radical (unpaired) electrons. The highest BCUT2D eigenvalue weighted by molar-refractivity contribution is 5.56. The molecule has 2 aliphatic rings. The second kappa shape index (κ2) is 5.63. The lowest BCUT2D eigenvalue weighted by Gasteiger charge is -2.36. The molecule has 5 heteroatoms. The molecule has 2 fully saturated rings. The molecule has 1 saturated carbocycles. The van der Waals surface area contributed by atoms with E-state index in [0.717, 1.165) is 25.7 Å². The van der Waals surface area contributed by atoms with Crippen molar-refractivity contribution in [1.29, 1.82) is 5.26 Å². The minimum absolute atomic E-state index is 0.260. The quantitative estimate of drug-likeness (QED) is 0.909. The third kappa shape index (κ3) is 2.87. The molecule has 0 atom stereocenters. The molecule has 1 aromatic rings. The van der Waals surface area contributed by atoms with Crippen LogP contribution in [0.4, 0.5) is 10.1 Å². The van der Waals surface area contributed by atoms with Crippen LogP contribution in [0.15, 0.2) is 12.1 Å². The van der Waals surface area contributed by atoms with Crippen LogP contribution in [0.3, 0.4) is 0 Å². The standard InChI is InChI=1S/C16H19FN2O2/c1-11-14(17)8-12(10-18)9-15(11)19-13-2-4-16(5-3-13)20-6-7-21-16/h8-9,13,19H,2-7H2,1H3. The van der Waals surface area contributed by atoms with Crippen molar-refractivity contribution in [2.75, 3.05) is 18.5 Å². The number of benzene rings is 1. The zero-order valence-corrected chi connectivity index (χ0v) is 12.1. The van der Waals surface area contributed by atoms with Crippen LogP contribution in [0.2, 0.25) is 0 Å². The predicted octanol–water partition coefficient (Wildman–Crippen LogP) is 3.10. The molecule has 21 heavy (non-hydrogen) atoms. The van der Waals surface area contributed by atoms with Crippen LogP contribution >= 0.6 is 0 Å². The molecule has 3 rings (SSSR count). The van der Waals surface area contributed by atoms with Gasteiger partial charge < -0.3 is 14.8 Å². The molecule has 1 spiro atoms. The van der Waals surface area contributed by atoms with Gasteiger partial charge in [0, 0.05) is 30.1 Å². The maximum atomic E-state index is 13.8. The Morgan fingerprint density at radius 1 is 1.29 bits per heavy atom. The van der Waals surface area contributed by atoms with Crippen molar-refractivity contribution >= 4 is 5.69 Å². The van der Waals surface area contributed by atoms with Crippen molar-refractivity contribution in [3.63, 3.8) is 0 Å². The minimum Gasteiger partial charge on any atom is -0.382 e. The molecule has 112 valence electrons. The summed E-state index contributed by atoms with van der Waals surface area (Å²) >= 11 is 0. The Labute approximate surface area is 123 Å². The van der Waals surface area contributed by atoms with Crippen LogP contribution < -0.4 is 5.32 Å². The summed E-state index contributed by atoms with van der Waals surface area (Å²) < 4.78 is 25.2. The monoisotopic (exact) mass is 290 g/mol. The van der Waals surface area contributed by atoms with E-state index in [-0.39, 0.29) is 17.6 Å². The summed E-state index contributed by atoms with van der Waals surface area (Å²) in [5.41, 5.74) is 1.61. The maximum Gasteiger partial charge on any atom is 0.168 e. The summed E-state index contributed by atoms with van der Waals surface area (Å²) in [7, 11) is 0. The van der Waals surface area contributed by atoms with Gasteiger partial charge in [0.25, 0.3) is 0 Å². The average Bonchev–Trinajstić information content (AvgIpc) is 2.94. The molecular formula is C16H19FN2O2. The molecular weight excluding hydrogens is 271 g/mol. The van der Waals surface area contributed by atoms with E-state index < -0.39 is 0 Å². The first-order valence-corrected chi connectivity index (χ1v) is 7.37. The fourth-order valence-corrected chi connectivity index (χ4v) is 3.10. The molecule has 0 aromatic heterocycles. The normalized spacial score (nSPS) is 21.4. The highest BCUT2D eigenvalue weighted by atomic mass is 19.1. The van der Waals surface area contributed by atoms with Crippen molar-refractivity contribution in [2.45, 2.75) is 44.4 Å². The first kappa shape index (κ1) is 14.3. The van der Waals surface area contributed by atoms with Gasteiger partial charge in [0.1, 0.15) is 5.82 Å². The fourth-order valence-electron chi connectivity index (χ4n) is 3.10. The van der Waals surface area contributed by atoms with E-state index in [0.29, 0.717) is 30.0 Å². The van der Waals surface area contributed by atoms with Gasteiger partial charge in [-0.15, -0.1) is 0 Å². The van der Waals surface area contributed by atoms with Crippen molar-refractivity contribution < 1.29 is 13.9 Å². The number of hydrogen-bond acceptors (Lipinski definition) is 4. The minimum atomic E-state index is -0.382. The first-order chi connectivity index (χ1) is 10.1. The predicted molar refractivity (Wildman–Crippen MR) is 76.4 cm³/mol. The number of rotatable bonds is 2. The lowest BCUT2D eigenvalue weighted by atomic mass is 9.89. The number of anilines is 1. The Bertz CT molecular complexity index is 566. The second-order valence-corrected chi connectivity index (χ2v) is 5.77. The zero-order valence-electron chi connectivity index (χ0n) is 12.1. The number of nitrogens with one attached hydrogen (secondary N) is 1. The second-order valence-electron chi connectivity index (χ2n) is 5.77. The molecule has 0 amide bonds. The summed E-state index contributed by atoms with van der Waals surface area (Å²) in [6.45, 7) is 3.07. The molecule has 1 heterocycles. The first-order valence-electron chi connectivity index (χ1n) is 7.37. The number of nitriles is 1. The molecule has 0 unspecified atom stereocenters. The van der Waals surface area contributed by atoms with Gasteiger partial charge in [-0.2, -0.15) is 5.26 Å². The van der Waals surface area contributed by atoms with Gasteiger partial charge in [0.15, 0.2) is 5.79 Å². The average molecular weight is 290 g/mol. The van der Waals surface area contributed by atoms with Gasteiger partial charge in [0.05, 0.1) is 24.8 Å². The molecule has 4 nitrogen and oxygen atoms in total. The summed E-state index contributed by atoms with van der Waals surface area (Å²) in [6, 6.07) is 5.24. The van der Waals surface area contributed by atoms with E-state index in [1.807, 2.05) is 6.07 Å². The van der Waals surface area contributed by atoms with Crippen LogP contribution in [-0.2, 0) is 9.47 Å². The Kier molecular flexibility index (Phi) is 3.83. The van der Waals surface area contributed by atoms with E-state index in [2.05, 4.69) is 5.32 Å². The highest BCUT2D eigenvalue weighted by Crippen LogP contribution is 2.37. The smallest absolute Gasteiger partial charge is 0.168 e. The highest BCUT2D eigenvalue weighted by Gasteiger charge is 2.40. The van der Waals surface area contributed by atoms with Crippen molar-refractivity contribution in [1.82, 2.24) is 0 Å². The van der Waals surface area contributed by atoms with Crippen LogP contribution in [0, 0.1) is 24.1 Å². The van der Waals surface area contributed by atoms with Crippen LogP contribution in [0.5, 0.6) is 0 Å². The van der Waals surface area contributed by atoms with Gasteiger partial charge in [-0.3, -0.25) is 0 Å². The Morgan fingerprint density at radius 2 is 1.95 bits per heavy atom. The Morgan fingerprint density at radius 3 is 2.57 bits per heavy atom. The largest absolute Gasteiger partial charge is 0.382 e. The zero-order chi connectivity index (χ0) is 14.9.